The smallest absolute Gasteiger partial charge is 0.253 e. The maximum atomic E-state index is 13.0. The first-order chi connectivity index (χ1) is 13.1. The number of fused-ring (bicyclic) bond motifs is 1. The van der Waals surface area contributed by atoms with Crippen molar-refractivity contribution in [2.24, 2.45) is 0 Å². The number of carbonyl (C=O) groups excluding carboxylic acids is 1. The fraction of sp³-hybridized carbons (Fsp3) is 0.409. The van der Waals surface area contributed by atoms with Crippen LogP contribution in [-0.4, -0.2) is 38.4 Å². The van der Waals surface area contributed by atoms with E-state index in [1.807, 2.05) is 41.3 Å². The molecule has 3 aromatic rings. The van der Waals surface area contributed by atoms with Crippen LogP contribution in [-0.2, 0) is 0 Å². The number of pyridine rings is 1. The fourth-order valence-corrected chi connectivity index (χ4v) is 3.87. The molecule has 0 spiro atoms. The number of likely N-dealkylation sites (tertiary alicyclic amines) is 1. The Labute approximate surface area is 160 Å². The molecule has 1 aliphatic heterocycles. The van der Waals surface area contributed by atoms with E-state index in [1.165, 1.54) is 12.8 Å². The summed E-state index contributed by atoms with van der Waals surface area (Å²) in [5.74, 6) is 0.994. The van der Waals surface area contributed by atoms with Crippen LogP contribution in [0.15, 0.2) is 42.6 Å². The molecule has 2 aromatic heterocycles. The molecular formula is C22H26N4O. The first kappa shape index (κ1) is 17.7. The Hall–Kier alpha value is -2.69. The van der Waals surface area contributed by atoms with E-state index < -0.39 is 0 Å². The van der Waals surface area contributed by atoms with E-state index in [9.17, 15) is 4.79 Å². The Bertz CT molecular complexity index is 952. The minimum Gasteiger partial charge on any atom is -0.339 e. The topological polar surface area (TPSA) is 51.0 Å². The van der Waals surface area contributed by atoms with Crippen LogP contribution in [0, 0.1) is 0 Å². The van der Waals surface area contributed by atoms with Gasteiger partial charge in [0.15, 0.2) is 5.65 Å². The highest BCUT2D eigenvalue weighted by Gasteiger charge is 2.20. The summed E-state index contributed by atoms with van der Waals surface area (Å²) in [5.41, 5.74) is 3.46. The van der Waals surface area contributed by atoms with Crippen molar-refractivity contribution in [3.05, 3.63) is 48.2 Å². The van der Waals surface area contributed by atoms with Crippen LogP contribution in [0.4, 0.5) is 0 Å². The number of hydrogen-bond donors (Lipinski definition) is 0. The fourth-order valence-electron chi connectivity index (χ4n) is 3.87. The van der Waals surface area contributed by atoms with E-state index in [-0.39, 0.29) is 11.9 Å². The van der Waals surface area contributed by atoms with Gasteiger partial charge in [0.25, 0.3) is 5.91 Å². The highest BCUT2D eigenvalue weighted by atomic mass is 16.2. The van der Waals surface area contributed by atoms with E-state index in [0.717, 1.165) is 54.0 Å². The maximum Gasteiger partial charge on any atom is 0.253 e. The van der Waals surface area contributed by atoms with E-state index in [4.69, 9.17) is 4.98 Å². The summed E-state index contributed by atoms with van der Waals surface area (Å²) in [6.07, 6.45) is 6.43. The number of benzene rings is 1. The summed E-state index contributed by atoms with van der Waals surface area (Å²) in [7, 11) is 0. The van der Waals surface area contributed by atoms with Gasteiger partial charge in [0.1, 0.15) is 11.3 Å². The molecule has 0 radical (unpaired) electrons. The van der Waals surface area contributed by atoms with Crippen molar-refractivity contribution in [1.82, 2.24) is 19.4 Å². The molecule has 0 saturated carbocycles. The zero-order valence-corrected chi connectivity index (χ0v) is 16.1. The van der Waals surface area contributed by atoms with Gasteiger partial charge in [0.05, 0.1) is 0 Å². The standard InChI is InChI=1S/C22H26N4O/c1-16(2)26-20(24-19-11-8-12-23-21(19)26)17-9-7-10-18(15-17)22(27)25-13-5-3-4-6-14-25/h7-12,15-16H,3-6,13-14H2,1-2H3. The van der Waals surface area contributed by atoms with E-state index in [2.05, 4.69) is 23.4 Å². The highest BCUT2D eigenvalue weighted by molar-refractivity contribution is 5.95. The van der Waals surface area contributed by atoms with Crippen LogP contribution in [0.25, 0.3) is 22.6 Å². The minimum atomic E-state index is 0.129. The molecule has 1 aromatic carbocycles. The second-order valence-corrected chi connectivity index (χ2v) is 7.53. The van der Waals surface area contributed by atoms with Crippen molar-refractivity contribution in [1.29, 1.82) is 0 Å². The average molecular weight is 362 g/mol. The number of aromatic nitrogens is 3. The van der Waals surface area contributed by atoms with Crippen molar-refractivity contribution in [2.45, 2.75) is 45.6 Å². The molecule has 5 heteroatoms. The predicted molar refractivity (Wildman–Crippen MR) is 108 cm³/mol. The summed E-state index contributed by atoms with van der Waals surface area (Å²) in [6.45, 7) is 5.98. The molecule has 0 atom stereocenters. The van der Waals surface area contributed by atoms with Crippen LogP contribution in [0.1, 0.15) is 55.9 Å². The van der Waals surface area contributed by atoms with Crippen molar-refractivity contribution in [3.8, 4) is 11.4 Å². The molecule has 1 saturated heterocycles. The third-order valence-electron chi connectivity index (χ3n) is 5.23. The largest absolute Gasteiger partial charge is 0.339 e. The molecular weight excluding hydrogens is 336 g/mol. The third-order valence-corrected chi connectivity index (χ3v) is 5.23. The average Bonchev–Trinajstić information content (AvgIpc) is 2.87. The van der Waals surface area contributed by atoms with Crippen LogP contribution in [0.2, 0.25) is 0 Å². The van der Waals surface area contributed by atoms with Gasteiger partial charge >= 0.3 is 0 Å². The highest BCUT2D eigenvalue weighted by Crippen LogP contribution is 2.28. The lowest BCUT2D eigenvalue weighted by Gasteiger charge is -2.20. The van der Waals surface area contributed by atoms with E-state index in [1.54, 1.807) is 6.20 Å². The molecule has 1 aliphatic rings. The number of carbonyl (C=O) groups is 1. The first-order valence-electron chi connectivity index (χ1n) is 9.88. The number of amides is 1. The Morgan fingerprint density at radius 3 is 2.56 bits per heavy atom. The summed E-state index contributed by atoms with van der Waals surface area (Å²) in [4.78, 5) is 24.3. The molecule has 140 valence electrons. The lowest BCUT2D eigenvalue weighted by Crippen LogP contribution is -2.31. The molecule has 0 unspecified atom stereocenters. The Kier molecular flexibility index (Phi) is 4.92. The maximum absolute atomic E-state index is 13.0. The monoisotopic (exact) mass is 362 g/mol. The quantitative estimate of drug-likeness (QED) is 0.679. The summed E-state index contributed by atoms with van der Waals surface area (Å²) < 4.78 is 2.14. The zero-order valence-electron chi connectivity index (χ0n) is 16.1. The SMILES string of the molecule is CC(C)n1c(-c2cccc(C(=O)N3CCCCCC3)c2)nc2cccnc21. The van der Waals surface area contributed by atoms with Crippen molar-refractivity contribution >= 4 is 17.1 Å². The summed E-state index contributed by atoms with van der Waals surface area (Å²) in [5, 5.41) is 0. The van der Waals surface area contributed by atoms with Crippen LogP contribution < -0.4 is 0 Å². The van der Waals surface area contributed by atoms with Crippen LogP contribution in [0.5, 0.6) is 0 Å². The second kappa shape index (κ2) is 7.51. The molecule has 0 N–H and O–H groups in total. The molecule has 3 heterocycles. The Morgan fingerprint density at radius 1 is 1.04 bits per heavy atom. The van der Waals surface area contributed by atoms with Gasteiger partial charge in [-0.3, -0.25) is 4.79 Å². The Balaban J connectivity index is 1.73. The van der Waals surface area contributed by atoms with Crippen molar-refractivity contribution in [3.63, 3.8) is 0 Å². The number of nitrogens with zero attached hydrogens (tertiary/aromatic N) is 4. The molecule has 0 bridgehead atoms. The number of rotatable bonds is 3. The third kappa shape index (κ3) is 3.46. The van der Waals surface area contributed by atoms with Gasteiger partial charge in [-0.1, -0.05) is 25.0 Å². The second-order valence-electron chi connectivity index (χ2n) is 7.53. The molecule has 4 rings (SSSR count). The normalized spacial score (nSPS) is 15.3. The van der Waals surface area contributed by atoms with Crippen molar-refractivity contribution in [2.75, 3.05) is 13.1 Å². The predicted octanol–water partition coefficient (Wildman–Crippen LogP) is 4.70. The molecule has 27 heavy (non-hydrogen) atoms. The summed E-state index contributed by atoms with van der Waals surface area (Å²) >= 11 is 0. The Morgan fingerprint density at radius 2 is 1.81 bits per heavy atom. The molecule has 0 aliphatic carbocycles. The minimum absolute atomic E-state index is 0.129. The summed E-state index contributed by atoms with van der Waals surface area (Å²) in [6, 6.07) is 12.0. The van der Waals surface area contributed by atoms with Gasteiger partial charge in [0, 0.05) is 36.5 Å². The van der Waals surface area contributed by atoms with Gasteiger partial charge in [-0.05, 0) is 51.0 Å². The lowest BCUT2D eigenvalue weighted by molar-refractivity contribution is 0.0761. The number of imidazole rings is 1. The van der Waals surface area contributed by atoms with Gasteiger partial charge in [0.2, 0.25) is 0 Å². The van der Waals surface area contributed by atoms with Gasteiger partial charge < -0.3 is 9.47 Å². The van der Waals surface area contributed by atoms with E-state index in [0.29, 0.717) is 0 Å². The van der Waals surface area contributed by atoms with Gasteiger partial charge in [-0.15, -0.1) is 0 Å². The molecule has 5 nitrogen and oxygen atoms in total. The van der Waals surface area contributed by atoms with E-state index >= 15 is 0 Å². The van der Waals surface area contributed by atoms with Gasteiger partial charge in [-0.25, -0.2) is 9.97 Å². The van der Waals surface area contributed by atoms with Crippen LogP contribution >= 0.6 is 0 Å². The molecule has 1 amide bonds. The first-order valence-corrected chi connectivity index (χ1v) is 9.88. The lowest BCUT2D eigenvalue weighted by atomic mass is 10.1. The number of hydrogen-bond acceptors (Lipinski definition) is 3. The van der Waals surface area contributed by atoms with Crippen molar-refractivity contribution < 1.29 is 4.79 Å². The van der Waals surface area contributed by atoms with Gasteiger partial charge in [-0.2, -0.15) is 0 Å². The van der Waals surface area contributed by atoms with Crippen LogP contribution in [0.3, 0.4) is 0 Å². The zero-order chi connectivity index (χ0) is 18.8. The molecule has 1 fully saturated rings.